The number of aliphatic hydroxyl groups excluding tert-OH is 1. The fourth-order valence-electron chi connectivity index (χ4n) is 1.97. The number of aliphatic hydroxyl groups is 1. The third kappa shape index (κ3) is 26.4. The van der Waals surface area contributed by atoms with E-state index in [1.54, 1.807) is 0 Å². The van der Waals surface area contributed by atoms with Crippen LogP contribution >= 0.6 is 0 Å². The first-order chi connectivity index (χ1) is 9.20. The van der Waals surface area contributed by atoms with Crippen LogP contribution < -0.4 is 0 Å². The Labute approximate surface area is 125 Å². The molecule has 0 saturated heterocycles. The van der Waals surface area contributed by atoms with Crippen LogP contribution in [0.3, 0.4) is 0 Å². The van der Waals surface area contributed by atoms with Gasteiger partial charge in [0, 0.05) is 6.61 Å². The van der Waals surface area contributed by atoms with Gasteiger partial charge in [-0.05, 0) is 18.3 Å². The fourth-order valence-corrected chi connectivity index (χ4v) is 1.97. The standard InChI is InChI=1S/C14H30O.CH4O3S/c1-4-5-6-7-9-13(2)10-8-11-14(3)12-15;1-5(2,3)4/h13-15H,4-12H2,1-3H3;1H3,(H,2,3,4)/t13-,14-;/m0./s1. The van der Waals surface area contributed by atoms with E-state index in [2.05, 4.69) is 20.8 Å². The highest BCUT2D eigenvalue weighted by atomic mass is 32.2. The highest BCUT2D eigenvalue weighted by Gasteiger charge is 2.04. The van der Waals surface area contributed by atoms with Gasteiger partial charge in [0.1, 0.15) is 0 Å². The summed E-state index contributed by atoms with van der Waals surface area (Å²) in [6, 6.07) is 0. The normalized spacial score (nSPS) is 14.3. The summed E-state index contributed by atoms with van der Waals surface area (Å²) < 4.78 is 25.9. The molecule has 0 unspecified atom stereocenters. The molecule has 0 amide bonds. The summed E-state index contributed by atoms with van der Waals surface area (Å²) >= 11 is 0. The van der Waals surface area contributed by atoms with Crippen molar-refractivity contribution in [3.05, 3.63) is 0 Å². The van der Waals surface area contributed by atoms with E-state index in [0.717, 1.165) is 5.92 Å². The van der Waals surface area contributed by atoms with Gasteiger partial charge < -0.3 is 5.11 Å². The van der Waals surface area contributed by atoms with E-state index in [1.165, 1.54) is 51.4 Å². The maximum Gasteiger partial charge on any atom is 0.261 e. The molecule has 2 N–H and O–H groups in total. The maximum absolute atomic E-state index is 9.19. The lowest BCUT2D eigenvalue weighted by Crippen LogP contribution is -2.02. The van der Waals surface area contributed by atoms with Crippen LogP contribution in [0, 0.1) is 11.8 Å². The van der Waals surface area contributed by atoms with Crippen molar-refractivity contribution >= 4 is 10.1 Å². The molecule has 5 heteroatoms. The summed E-state index contributed by atoms with van der Waals surface area (Å²) in [5.41, 5.74) is 0. The molecule has 0 aromatic heterocycles. The van der Waals surface area contributed by atoms with Crippen LogP contribution in [0.25, 0.3) is 0 Å². The second-order valence-electron chi connectivity index (χ2n) is 5.91. The van der Waals surface area contributed by atoms with Crippen molar-refractivity contribution in [2.75, 3.05) is 12.9 Å². The Morgan fingerprint density at radius 3 is 1.80 bits per heavy atom. The molecule has 124 valence electrons. The first kappa shape index (κ1) is 22.2. The first-order valence-electron chi connectivity index (χ1n) is 7.74. The largest absolute Gasteiger partial charge is 0.396 e. The van der Waals surface area contributed by atoms with Crippen LogP contribution in [0.1, 0.15) is 72.1 Å². The average Bonchev–Trinajstić information content (AvgIpc) is 2.32. The van der Waals surface area contributed by atoms with Crippen LogP contribution in [0.5, 0.6) is 0 Å². The molecule has 0 radical (unpaired) electrons. The Balaban J connectivity index is 0. The molecule has 0 bridgehead atoms. The first-order valence-corrected chi connectivity index (χ1v) is 9.58. The van der Waals surface area contributed by atoms with Gasteiger partial charge in [0.05, 0.1) is 6.26 Å². The minimum atomic E-state index is -3.67. The number of unbranched alkanes of at least 4 members (excludes halogenated alkanes) is 3. The van der Waals surface area contributed by atoms with E-state index in [-0.39, 0.29) is 0 Å². The highest BCUT2D eigenvalue weighted by Crippen LogP contribution is 2.18. The van der Waals surface area contributed by atoms with Crippen molar-refractivity contribution in [2.45, 2.75) is 72.1 Å². The summed E-state index contributed by atoms with van der Waals surface area (Å²) in [5.74, 6) is 1.38. The molecule has 20 heavy (non-hydrogen) atoms. The number of hydrogen-bond donors (Lipinski definition) is 2. The molecule has 0 fully saturated rings. The smallest absolute Gasteiger partial charge is 0.261 e. The van der Waals surface area contributed by atoms with Gasteiger partial charge in [-0.3, -0.25) is 4.55 Å². The molecule has 0 aliphatic heterocycles. The molecule has 0 aromatic rings. The fraction of sp³-hybridized carbons (Fsp3) is 1.00. The topological polar surface area (TPSA) is 74.6 Å². The Morgan fingerprint density at radius 1 is 0.900 bits per heavy atom. The summed E-state index contributed by atoms with van der Waals surface area (Å²) in [6.45, 7) is 7.12. The second kappa shape index (κ2) is 13.8. The zero-order valence-corrected chi connectivity index (χ0v) is 14.5. The molecule has 0 aliphatic carbocycles. The van der Waals surface area contributed by atoms with Crippen LogP contribution in [0.2, 0.25) is 0 Å². The molecule has 0 spiro atoms. The summed E-state index contributed by atoms with van der Waals surface area (Å²) in [4.78, 5) is 0. The Hall–Kier alpha value is -0.130. The molecule has 0 heterocycles. The lowest BCUT2D eigenvalue weighted by Gasteiger charge is -2.12. The highest BCUT2D eigenvalue weighted by molar-refractivity contribution is 7.85. The summed E-state index contributed by atoms with van der Waals surface area (Å²) in [5, 5.41) is 8.90. The lowest BCUT2D eigenvalue weighted by atomic mass is 9.95. The monoisotopic (exact) mass is 310 g/mol. The number of rotatable bonds is 10. The van der Waals surface area contributed by atoms with Crippen molar-refractivity contribution in [1.29, 1.82) is 0 Å². The van der Waals surface area contributed by atoms with Crippen LogP contribution in [0.15, 0.2) is 0 Å². The molecular formula is C15H34O4S. The third-order valence-corrected chi connectivity index (χ3v) is 3.26. The van der Waals surface area contributed by atoms with Gasteiger partial charge in [0.15, 0.2) is 0 Å². The Kier molecular flexibility index (Phi) is 15.3. The van der Waals surface area contributed by atoms with Gasteiger partial charge in [-0.2, -0.15) is 8.42 Å². The quantitative estimate of drug-likeness (QED) is 0.474. The SMILES string of the molecule is CCCCCC[C@H](C)CCC[C@H](C)CO.CS(=O)(=O)O. The van der Waals surface area contributed by atoms with Crippen LogP contribution in [-0.2, 0) is 10.1 Å². The predicted molar refractivity (Wildman–Crippen MR) is 85.5 cm³/mol. The van der Waals surface area contributed by atoms with Crippen molar-refractivity contribution in [2.24, 2.45) is 11.8 Å². The van der Waals surface area contributed by atoms with E-state index >= 15 is 0 Å². The van der Waals surface area contributed by atoms with Gasteiger partial charge in [-0.25, -0.2) is 0 Å². The maximum atomic E-state index is 9.19. The van der Waals surface area contributed by atoms with Crippen molar-refractivity contribution in [3.63, 3.8) is 0 Å². The summed E-state index contributed by atoms with van der Waals surface area (Å²) in [7, 11) is -3.67. The summed E-state index contributed by atoms with van der Waals surface area (Å²) in [6.07, 6.45) is 11.5. The Bertz CT molecular complexity index is 280. The average molecular weight is 310 g/mol. The lowest BCUT2D eigenvalue weighted by molar-refractivity contribution is 0.225. The van der Waals surface area contributed by atoms with E-state index in [9.17, 15) is 8.42 Å². The van der Waals surface area contributed by atoms with Crippen molar-refractivity contribution in [1.82, 2.24) is 0 Å². The molecule has 0 rings (SSSR count). The van der Waals surface area contributed by atoms with Crippen molar-refractivity contribution < 1.29 is 18.1 Å². The zero-order valence-electron chi connectivity index (χ0n) is 13.6. The zero-order chi connectivity index (χ0) is 16.0. The van der Waals surface area contributed by atoms with Gasteiger partial charge in [-0.15, -0.1) is 0 Å². The van der Waals surface area contributed by atoms with E-state index < -0.39 is 10.1 Å². The Morgan fingerprint density at radius 2 is 1.35 bits per heavy atom. The molecular weight excluding hydrogens is 276 g/mol. The van der Waals surface area contributed by atoms with E-state index in [0.29, 0.717) is 18.8 Å². The minimum absolute atomic E-state index is 0.352. The minimum Gasteiger partial charge on any atom is -0.396 e. The van der Waals surface area contributed by atoms with E-state index in [1.807, 2.05) is 0 Å². The molecule has 4 nitrogen and oxygen atoms in total. The van der Waals surface area contributed by atoms with Crippen LogP contribution in [0.4, 0.5) is 0 Å². The molecule has 0 aromatic carbocycles. The van der Waals surface area contributed by atoms with Gasteiger partial charge in [0.25, 0.3) is 10.1 Å². The molecule has 2 atom stereocenters. The third-order valence-electron chi connectivity index (χ3n) is 3.26. The van der Waals surface area contributed by atoms with Gasteiger partial charge in [-0.1, -0.05) is 65.7 Å². The predicted octanol–water partition coefficient (Wildman–Crippen LogP) is 3.90. The van der Waals surface area contributed by atoms with Gasteiger partial charge >= 0.3 is 0 Å². The van der Waals surface area contributed by atoms with Gasteiger partial charge in [0.2, 0.25) is 0 Å². The van der Waals surface area contributed by atoms with Crippen molar-refractivity contribution in [3.8, 4) is 0 Å². The van der Waals surface area contributed by atoms with E-state index in [4.69, 9.17) is 9.66 Å². The van der Waals surface area contributed by atoms with Crippen LogP contribution in [-0.4, -0.2) is 30.9 Å². The second-order valence-corrected chi connectivity index (χ2v) is 7.37. The molecule has 0 saturated carbocycles. The number of hydrogen-bond acceptors (Lipinski definition) is 3. The molecule has 0 aliphatic rings.